The summed E-state index contributed by atoms with van der Waals surface area (Å²) in [5.41, 5.74) is -1.47. The Bertz CT molecular complexity index is 516. The summed E-state index contributed by atoms with van der Waals surface area (Å²) in [6.45, 7) is -1.47. The molecule has 0 amide bonds. The molecule has 2 rings (SSSR count). The van der Waals surface area contributed by atoms with Crippen LogP contribution in [0.25, 0.3) is 0 Å². The lowest BCUT2D eigenvalue weighted by atomic mass is 10.1. The molecule has 110 valence electrons. The highest BCUT2D eigenvalue weighted by atomic mass is 19.4. The Labute approximate surface area is 110 Å². The molecule has 0 atom stereocenters. The molecule has 0 unspecified atom stereocenters. The predicted octanol–water partition coefficient (Wildman–Crippen LogP) is 3.19. The van der Waals surface area contributed by atoms with Crippen molar-refractivity contribution >= 4 is 11.7 Å². The Morgan fingerprint density at radius 3 is 2.10 bits per heavy atom. The number of rotatable bonds is 4. The van der Waals surface area contributed by atoms with Crippen molar-refractivity contribution in [2.45, 2.75) is 25.1 Å². The molecule has 0 saturated heterocycles. The van der Waals surface area contributed by atoms with Crippen LogP contribution in [0.3, 0.4) is 0 Å². The topological polar surface area (TPSA) is 40.5 Å². The van der Waals surface area contributed by atoms with Crippen molar-refractivity contribution in [3.63, 3.8) is 0 Å². The summed E-state index contributed by atoms with van der Waals surface area (Å²) in [5.74, 6) is -4.17. The summed E-state index contributed by atoms with van der Waals surface area (Å²) in [7, 11) is 0. The van der Waals surface area contributed by atoms with Gasteiger partial charge in [0.25, 0.3) is 0 Å². The SMILES string of the molecule is O=C(O)c1cc(F)c(N(CC(F)(F)F)C2CC2)c(F)c1. The maximum atomic E-state index is 13.8. The molecule has 0 radical (unpaired) electrons. The fraction of sp³-hybridized carbons (Fsp3) is 0.417. The number of carboxylic acids is 1. The summed E-state index contributed by atoms with van der Waals surface area (Å²) in [6.07, 6.45) is -3.78. The van der Waals surface area contributed by atoms with Crippen molar-refractivity contribution in [2.75, 3.05) is 11.4 Å². The fourth-order valence-electron chi connectivity index (χ4n) is 1.93. The molecule has 1 N–H and O–H groups in total. The number of carbonyl (C=O) groups is 1. The van der Waals surface area contributed by atoms with E-state index in [4.69, 9.17) is 5.11 Å². The van der Waals surface area contributed by atoms with Gasteiger partial charge in [0.1, 0.15) is 23.9 Å². The third-order valence-electron chi connectivity index (χ3n) is 2.89. The molecule has 1 fully saturated rings. The van der Waals surface area contributed by atoms with E-state index in [0.29, 0.717) is 29.9 Å². The lowest BCUT2D eigenvalue weighted by molar-refractivity contribution is -0.120. The van der Waals surface area contributed by atoms with E-state index >= 15 is 0 Å². The lowest BCUT2D eigenvalue weighted by Gasteiger charge is -2.26. The number of nitrogens with zero attached hydrogens (tertiary/aromatic N) is 1. The number of hydrogen-bond donors (Lipinski definition) is 1. The maximum absolute atomic E-state index is 13.8. The van der Waals surface area contributed by atoms with Crippen LogP contribution in [0.15, 0.2) is 12.1 Å². The van der Waals surface area contributed by atoms with Gasteiger partial charge in [0.2, 0.25) is 0 Å². The number of aromatic carboxylic acids is 1. The first-order valence-electron chi connectivity index (χ1n) is 5.75. The van der Waals surface area contributed by atoms with Crippen LogP contribution in [-0.4, -0.2) is 29.8 Å². The van der Waals surface area contributed by atoms with E-state index in [1.807, 2.05) is 0 Å². The van der Waals surface area contributed by atoms with E-state index < -0.39 is 47.6 Å². The van der Waals surface area contributed by atoms with E-state index in [1.54, 1.807) is 0 Å². The van der Waals surface area contributed by atoms with E-state index in [1.165, 1.54) is 0 Å². The van der Waals surface area contributed by atoms with Crippen LogP contribution < -0.4 is 4.90 Å². The van der Waals surface area contributed by atoms with Crippen LogP contribution in [0.4, 0.5) is 27.6 Å². The van der Waals surface area contributed by atoms with E-state index in [9.17, 15) is 26.7 Å². The first-order chi connectivity index (χ1) is 9.19. The standard InChI is InChI=1S/C12H10F5NO2/c13-8-3-6(11(19)20)4-9(14)10(8)18(7-1-2-7)5-12(15,16)17/h3-4,7H,1-2,5H2,(H,19,20). The summed E-state index contributed by atoms with van der Waals surface area (Å²) in [4.78, 5) is 11.2. The second-order valence-electron chi connectivity index (χ2n) is 4.57. The van der Waals surface area contributed by atoms with Gasteiger partial charge in [0.15, 0.2) is 0 Å². The molecule has 0 heterocycles. The summed E-state index contributed by atoms with van der Waals surface area (Å²) >= 11 is 0. The molecule has 1 aromatic carbocycles. The van der Waals surface area contributed by atoms with Crippen molar-refractivity contribution in [3.05, 3.63) is 29.3 Å². The largest absolute Gasteiger partial charge is 0.478 e. The second-order valence-corrected chi connectivity index (χ2v) is 4.57. The number of anilines is 1. The number of hydrogen-bond acceptors (Lipinski definition) is 2. The smallest absolute Gasteiger partial charge is 0.405 e. The average Bonchev–Trinajstić information content (AvgIpc) is 3.08. The molecule has 0 spiro atoms. The average molecular weight is 295 g/mol. The molecule has 1 aromatic rings. The molecule has 1 aliphatic rings. The van der Waals surface area contributed by atoms with Crippen LogP contribution in [0, 0.1) is 11.6 Å². The van der Waals surface area contributed by atoms with Gasteiger partial charge >= 0.3 is 12.1 Å². The molecule has 0 aromatic heterocycles. The Morgan fingerprint density at radius 2 is 1.75 bits per heavy atom. The van der Waals surface area contributed by atoms with Crippen LogP contribution in [-0.2, 0) is 0 Å². The van der Waals surface area contributed by atoms with Crippen LogP contribution in [0.1, 0.15) is 23.2 Å². The van der Waals surface area contributed by atoms with E-state index in [-0.39, 0.29) is 0 Å². The van der Waals surface area contributed by atoms with Crippen molar-refractivity contribution in [1.82, 2.24) is 0 Å². The first kappa shape index (κ1) is 14.5. The molecule has 1 aliphatic carbocycles. The molecule has 1 saturated carbocycles. The van der Waals surface area contributed by atoms with Gasteiger partial charge in [-0.3, -0.25) is 0 Å². The van der Waals surface area contributed by atoms with E-state index in [2.05, 4.69) is 0 Å². The maximum Gasteiger partial charge on any atom is 0.405 e. The van der Waals surface area contributed by atoms with Crippen molar-refractivity contribution in [3.8, 4) is 0 Å². The zero-order chi connectivity index (χ0) is 15.1. The van der Waals surface area contributed by atoms with Gasteiger partial charge in [0.05, 0.1) is 5.56 Å². The normalized spacial score (nSPS) is 15.2. The van der Waals surface area contributed by atoms with Gasteiger partial charge in [-0.1, -0.05) is 0 Å². The van der Waals surface area contributed by atoms with Gasteiger partial charge in [-0.05, 0) is 25.0 Å². The number of halogens is 5. The van der Waals surface area contributed by atoms with E-state index in [0.717, 1.165) is 0 Å². The number of alkyl halides is 3. The minimum Gasteiger partial charge on any atom is -0.478 e. The molecular formula is C12H10F5NO2. The zero-order valence-electron chi connectivity index (χ0n) is 10.0. The Balaban J connectivity index is 2.41. The second kappa shape index (κ2) is 4.92. The minimum absolute atomic E-state index is 0.412. The minimum atomic E-state index is -4.60. The van der Waals surface area contributed by atoms with Gasteiger partial charge in [-0.25, -0.2) is 13.6 Å². The fourth-order valence-corrected chi connectivity index (χ4v) is 1.93. The Hall–Kier alpha value is -1.86. The van der Waals surface area contributed by atoms with Crippen LogP contribution in [0.5, 0.6) is 0 Å². The van der Waals surface area contributed by atoms with Gasteiger partial charge < -0.3 is 10.0 Å². The van der Waals surface area contributed by atoms with Gasteiger partial charge in [-0.2, -0.15) is 13.2 Å². The van der Waals surface area contributed by atoms with Crippen molar-refractivity contribution in [2.24, 2.45) is 0 Å². The highest BCUT2D eigenvalue weighted by Crippen LogP contribution is 2.37. The summed E-state index contributed by atoms with van der Waals surface area (Å²) in [6, 6.07) is 0.468. The Kier molecular flexibility index (Phi) is 3.58. The molecular weight excluding hydrogens is 285 g/mol. The van der Waals surface area contributed by atoms with Gasteiger partial charge in [0, 0.05) is 6.04 Å². The quantitative estimate of drug-likeness (QED) is 0.867. The Morgan fingerprint density at radius 1 is 1.25 bits per heavy atom. The van der Waals surface area contributed by atoms with Crippen molar-refractivity contribution < 1.29 is 31.9 Å². The lowest BCUT2D eigenvalue weighted by Crippen LogP contribution is -2.37. The molecule has 3 nitrogen and oxygen atoms in total. The van der Waals surface area contributed by atoms with Crippen LogP contribution in [0.2, 0.25) is 0 Å². The van der Waals surface area contributed by atoms with Gasteiger partial charge in [-0.15, -0.1) is 0 Å². The number of carboxylic acid groups (broad SMARTS) is 1. The number of benzene rings is 1. The highest BCUT2D eigenvalue weighted by Gasteiger charge is 2.40. The molecule has 0 aliphatic heterocycles. The molecule has 20 heavy (non-hydrogen) atoms. The molecule has 8 heteroatoms. The first-order valence-corrected chi connectivity index (χ1v) is 5.75. The third-order valence-corrected chi connectivity index (χ3v) is 2.89. The summed E-state index contributed by atoms with van der Waals surface area (Å²) < 4.78 is 65.0. The summed E-state index contributed by atoms with van der Waals surface area (Å²) in [5, 5.41) is 8.64. The monoisotopic (exact) mass is 295 g/mol. The zero-order valence-corrected chi connectivity index (χ0v) is 10.0. The predicted molar refractivity (Wildman–Crippen MR) is 59.7 cm³/mol. The molecule has 0 bridgehead atoms. The highest BCUT2D eigenvalue weighted by molar-refractivity contribution is 5.88. The van der Waals surface area contributed by atoms with Crippen molar-refractivity contribution in [1.29, 1.82) is 0 Å². The van der Waals surface area contributed by atoms with Crippen LogP contribution >= 0.6 is 0 Å². The third kappa shape index (κ3) is 3.17.